The third-order valence-corrected chi connectivity index (χ3v) is 12.3. The fraction of sp³-hybridized carbons (Fsp3) is 0.974. The Kier molecular flexibility index (Phi) is 13.9. The lowest BCUT2D eigenvalue weighted by Gasteiger charge is -2.48. The topological polar surface area (TPSA) is 149 Å². The van der Waals surface area contributed by atoms with E-state index in [1.807, 2.05) is 48.6 Å². The summed E-state index contributed by atoms with van der Waals surface area (Å²) in [5.41, 5.74) is -1.55. The number of fused-ring (bicyclic) bond motifs is 1. The second kappa shape index (κ2) is 16.6. The summed E-state index contributed by atoms with van der Waals surface area (Å²) in [5, 5.41) is 35.7. The summed E-state index contributed by atoms with van der Waals surface area (Å²) in [4.78, 5) is 16.2. The van der Waals surface area contributed by atoms with Crippen molar-refractivity contribution < 1.29 is 53.3 Å². The van der Waals surface area contributed by atoms with Crippen molar-refractivity contribution in [1.29, 1.82) is 0 Å². The van der Waals surface area contributed by atoms with Gasteiger partial charge in [-0.1, -0.05) is 34.6 Å². The highest BCUT2D eigenvalue weighted by Crippen LogP contribution is 2.49. The van der Waals surface area contributed by atoms with Crippen LogP contribution >= 0.6 is 0 Å². The molecule has 12 nitrogen and oxygen atoms in total. The van der Waals surface area contributed by atoms with Gasteiger partial charge >= 0.3 is 5.97 Å². The van der Waals surface area contributed by atoms with Crippen LogP contribution in [0.5, 0.6) is 0 Å². The Morgan fingerprint density at radius 2 is 1.60 bits per heavy atom. The van der Waals surface area contributed by atoms with Gasteiger partial charge in [0.1, 0.15) is 18.3 Å². The summed E-state index contributed by atoms with van der Waals surface area (Å²) in [6.45, 7) is 21.4. The number of carbonyl (C=O) groups is 1. The summed E-state index contributed by atoms with van der Waals surface area (Å²) in [6.07, 6.45) is -4.18. The third kappa shape index (κ3) is 9.05. The van der Waals surface area contributed by atoms with E-state index in [0.29, 0.717) is 25.7 Å². The lowest BCUT2D eigenvalue weighted by atomic mass is 9.74. The van der Waals surface area contributed by atoms with E-state index in [1.165, 1.54) is 0 Å². The van der Waals surface area contributed by atoms with Crippen LogP contribution in [0.3, 0.4) is 0 Å². The first-order valence-electron chi connectivity index (χ1n) is 19.1. The monoisotopic (exact) mass is 715 g/mol. The number of ether oxygens (including phenoxy) is 7. The molecule has 0 saturated carbocycles. The van der Waals surface area contributed by atoms with Gasteiger partial charge in [-0.15, -0.1) is 0 Å². The average molecular weight is 716 g/mol. The highest BCUT2D eigenvalue weighted by atomic mass is 16.8. The number of hydrogen-bond donors (Lipinski definition) is 3. The first-order valence-corrected chi connectivity index (χ1v) is 19.1. The van der Waals surface area contributed by atoms with Crippen molar-refractivity contribution in [2.24, 2.45) is 29.6 Å². The minimum Gasteiger partial charge on any atom is -0.462 e. The maximum absolute atomic E-state index is 14.1. The first-order chi connectivity index (χ1) is 23.3. The molecular formula is C38H69NO11. The largest absolute Gasteiger partial charge is 0.462 e. The molecular weight excluding hydrogens is 646 g/mol. The van der Waals surface area contributed by atoms with E-state index in [4.69, 9.17) is 33.2 Å². The minimum absolute atomic E-state index is 0.00112. The van der Waals surface area contributed by atoms with E-state index in [2.05, 4.69) is 25.7 Å². The van der Waals surface area contributed by atoms with Crippen molar-refractivity contribution in [3.05, 3.63) is 0 Å². The summed E-state index contributed by atoms with van der Waals surface area (Å²) in [5.74, 6) is -3.11. The predicted molar refractivity (Wildman–Crippen MR) is 187 cm³/mol. The summed E-state index contributed by atoms with van der Waals surface area (Å²) < 4.78 is 43.9. The highest BCUT2D eigenvalue weighted by Gasteiger charge is 2.65. The number of hydrogen-bond acceptors (Lipinski definition) is 12. The van der Waals surface area contributed by atoms with Crippen LogP contribution in [-0.4, -0.2) is 125 Å². The number of epoxide rings is 1. The standard InChI is InChI=1S/C38H69NO11/c1-14-28-20(4)15-21(5)30(40)22(6)17-37(11,43)33(49-36-31(41)27(16-23(7)45-36)39(12)19(2)3)24(8)32(25(9)35(42)47-28)48-29-18-38(44-13)34(50-38)26(10)46-29/h19-34,36,40-41,43H,14-18H2,1-13H3/t20-,21-,22-,23?,24+,25-,26?,27?,28-,29?,30-,31?,32+,33-,34?,36?,37-,38?/m1/s1. The van der Waals surface area contributed by atoms with Gasteiger partial charge in [-0.25, -0.2) is 0 Å². The van der Waals surface area contributed by atoms with Gasteiger partial charge in [0.15, 0.2) is 12.6 Å². The molecule has 4 fully saturated rings. The van der Waals surface area contributed by atoms with Gasteiger partial charge in [0.2, 0.25) is 5.79 Å². The van der Waals surface area contributed by atoms with E-state index in [0.717, 1.165) is 0 Å². The van der Waals surface area contributed by atoms with Crippen LogP contribution in [0, 0.1) is 29.6 Å². The fourth-order valence-corrected chi connectivity index (χ4v) is 8.99. The van der Waals surface area contributed by atoms with Gasteiger partial charge in [-0.05, 0) is 92.0 Å². The predicted octanol–water partition coefficient (Wildman–Crippen LogP) is 4.25. The number of aliphatic hydroxyl groups excluding tert-OH is 2. The number of methoxy groups -OCH3 is 1. The molecule has 0 aromatic carbocycles. The molecule has 12 heteroatoms. The number of cyclic esters (lactones) is 1. The summed E-state index contributed by atoms with van der Waals surface area (Å²) in [7, 11) is 3.58. The summed E-state index contributed by atoms with van der Waals surface area (Å²) in [6, 6.07) is -0.0733. The van der Waals surface area contributed by atoms with Crippen molar-refractivity contribution >= 4 is 5.97 Å². The molecule has 0 spiro atoms. The normalized spacial score (nSPS) is 49.7. The molecule has 0 aromatic heterocycles. The number of rotatable bonds is 8. The second-order valence-electron chi connectivity index (χ2n) is 16.8. The molecule has 4 heterocycles. The number of aliphatic hydroxyl groups is 3. The molecule has 8 unspecified atom stereocenters. The summed E-state index contributed by atoms with van der Waals surface area (Å²) >= 11 is 0. The molecule has 0 amide bonds. The maximum Gasteiger partial charge on any atom is 0.311 e. The SMILES string of the molecule is CC[C@H]1OC(=O)[C@H](C)[C@@H](OC2CC3(OC)OC3C(C)O2)[C@H](C)[C@@H](OC2OC(C)CC(N(C)C(C)C)C2O)[C@](C)(O)C[C@@H](C)[C@H](O)[C@H](C)C[C@H]1C. The second-order valence-corrected chi connectivity index (χ2v) is 16.8. The first kappa shape index (κ1) is 41.8. The molecule has 0 aliphatic carbocycles. The Balaban J connectivity index is 1.76. The van der Waals surface area contributed by atoms with Gasteiger partial charge in [-0.2, -0.15) is 0 Å². The smallest absolute Gasteiger partial charge is 0.311 e. The van der Waals surface area contributed by atoms with Crippen LogP contribution in [0.2, 0.25) is 0 Å². The lowest BCUT2D eigenvalue weighted by Crippen LogP contribution is -2.60. The maximum atomic E-state index is 14.1. The van der Waals surface area contributed by atoms with Gasteiger partial charge < -0.3 is 48.5 Å². The van der Waals surface area contributed by atoms with Crippen molar-refractivity contribution in [1.82, 2.24) is 4.90 Å². The molecule has 3 N–H and O–H groups in total. The molecule has 4 rings (SSSR count). The van der Waals surface area contributed by atoms with Crippen LogP contribution in [-0.2, 0) is 38.0 Å². The number of esters is 1. The molecule has 4 aliphatic heterocycles. The molecule has 0 radical (unpaired) electrons. The third-order valence-electron chi connectivity index (χ3n) is 12.3. The zero-order chi connectivity index (χ0) is 37.5. The Morgan fingerprint density at radius 3 is 2.20 bits per heavy atom. The van der Waals surface area contributed by atoms with Crippen LogP contribution < -0.4 is 0 Å². The van der Waals surface area contributed by atoms with E-state index < -0.39 is 66.2 Å². The Morgan fingerprint density at radius 1 is 0.940 bits per heavy atom. The molecule has 0 aromatic rings. The number of nitrogens with zero attached hydrogens (tertiary/aromatic N) is 1. The van der Waals surface area contributed by atoms with E-state index >= 15 is 0 Å². The Bertz CT molecular complexity index is 1110. The molecule has 0 bridgehead atoms. The molecule has 292 valence electrons. The molecule has 18 atom stereocenters. The van der Waals surface area contributed by atoms with Crippen molar-refractivity contribution in [3.8, 4) is 0 Å². The zero-order valence-electron chi connectivity index (χ0n) is 32.9. The average Bonchev–Trinajstić information content (AvgIpc) is 3.79. The zero-order valence-corrected chi connectivity index (χ0v) is 32.9. The van der Waals surface area contributed by atoms with E-state index in [-0.39, 0.29) is 60.7 Å². The molecule has 4 saturated heterocycles. The highest BCUT2D eigenvalue weighted by molar-refractivity contribution is 5.73. The van der Waals surface area contributed by atoms with Crippen LogP contribution in [0.25, 0.3) is 0 Å². The van der Waals surface area contributed by atoms with Crippen molar-refractivity contribution in [2.75, 3.05) is 14.2 Å². The quantitative estimate of drug-likeness (QED) is 0.244. The van der Waals surface area contributed by atoms with Crippen molar-refractivity contribution in [3.63, 3.8) is 0 Å². The van der Waals surface area contributed by atoms with Crippen molar-refractivity contribution in [2.45, 2.75) is 193 Å². The number of carbonyl (C=O) groups excluding carboxylic acids is 1. The Labute approximate surface area is 300 Å². The van der Waals surface area contributed by atoms with Crippen LogP contribution in [0.1, 0.15) is 108 Å². The van der Waals surface area contributed by atoms with Gasteiger partial charge in [0.25, 0.3) is 0 Å². The number of likely N-dealkylation sites (N-methyl/N-ethyl adjacent to an activating group) is 1. The van der Waals surface area contributed by atoms with E-state index in [9.17, 15) is 20.1 Å². The lowest BCUT2D eigenvalue weighted by molar-refractivity contribution is -0.309. The molecule has 50 heavy (non-hydrogen) atoms. The Hall–Kier alpha value is -0.930. The van der Waals surface area contributed by atoms with Gasteiger partial charge in [0, 0.05) is 25.1 Å². The van der Waals surface area contributed by atoms with Crippen LogP contribution in [0.15, 0.2) is 0 Å². The molecule has 4 aliphatic rings. The van der Waals surface area contributed by atoms with Gasteiger partial charge in [0.05, 0.1) is 48.5 Å². The fourth-order valence-electron chi connectivity index (χ4n) is 8.99. The van der Waals surface area contributed by atoms with Crippen LogP contribution in [0.4, 0.5) is 0 Å². The van der Waals surface area contributed by atoms with Gasteiger partial charge in [-0.3, -0.25) is 9.69 Å². The van der Waals surface area contributed by atoms with E-state index in [1.54, 1.807) is 21.0 Å². The minimum atomic E-state index is -1.55.